The zero-order valence-electron chi connectivity index (χ0n) is 10.5. The molecule has 1 aliphatic rings. The number of likely N-dealkylation sites (N-methyl/N-ethyl adjacent to an activating group) is 2. The normalized spacial score (nSPS) is 26.4. The largest absolute Gasteiger partial charge is 0.380 e. The van der Waals surface area contributed by atoms with Gasteiger partial charge in [0.05, 0.1) is 6.61 Å². The lowest BCUT2D eigenvalue weighted by molar-refractivity contribution is 0.102. The van der Waals surface area contributed by atoms with Crippen LogP contribution in [0.3, 0.4) is 0 Å². The third-order valence-corrected chi connectivity index (χ3v) is 3.30. The number of nitrogens with one attached hydrogen (secondary N) is 1. The van der Waals surface area contributed by atoms with E-state index in [4.69, 9.17) is 4.74 Å². The van der Waals surface area contributed by atoms with Gasteiger partial charge in [0.15, 0.2) is 0 Å². The summed E-state index contributed by atoms with van der Waals surface area (Å²) < 4.78 is 5.40. The highest BCUT2D eigenvalue weighted by atomic mass is 16.5. The van der Waals surface area contributed by atoms with E-state index in [1.165, 1.54) is 19.3 Å². The van der Waals surface area contributed by atoms with Crippen molar-refractivity contribution >= 4 is 0 Å². The number of hydrogen-bond donors (Lipinski definition) is 1. The van der Waals surface area contributed by atoms with Crippen molar-refractivity contribution in [3.8, 4) is 0 Å². The summed E-state index contributed by atoms with van der Waals surface area (Å²) in [6, 6.07) is 1.41. The van der Waals surface area contributed by atoms with Crippen LogP contribution in [0.5, 0.6) is 0 Å². The smallest absolute Gasteiger partial charge is 0.0593 e. The third-order valence-electron chi connectivity index (χ3n) is 3.30. The van der Waals surface area contributed by atoms with Crippen LogP contribution in [-0.2, 0) is 4.74 Å². The van der Waals surface area contributed by atoms with Crippen LogP contribution in [0.1, 0.15) is 33.1 Å². The summed E-state index contributed by atoms with van der Waals surface area (Å²) in [6.45, 7) is 8.07. The SMILES string of the molecule is CCNC1CCCC1N(C)CCOCC. The first-order chi connectivity index (χ1) is 7.29. The molecule has 0 aliphatic heterocycles. The van der Waals surface area contributed by atoms with Crippen LogP contribution in [0.25, 0.3) is 0 Å². The maximum absolute atomic E-state index is 5.40. The van der Waals surface area contributed by atoms with Crippen LogP contribution < -0.4 is 5.32 Å². The first-order valence-corrected chi connectivity index (χ1v) is 6.31. The van der Waals surface area contributed by atoms with Gasteiger partial charge in [0.2, 0.25) is 0 Å². The molecule has 0 aromatic heterocycles. The standard InChI is InChI=1S/C12H26N2O/c1-4-13-11-7-6-8-12(11)14(3)9-10-15-5-2/h11-13H,4-10H2,1-3H3. The molecule has 0 aromatic carbocycles. The highest BCUT2D eigenvalue weighted by molar-refractivity contribution is 4.88. The second-order valence-electron chi connectivity index (χ2n) is 4.34. The fourth-order valence-electron chi connectivity index (χ4n) is 2.49. The molecule has 0 saturated heterocycles. The van der Waals surface area contributed by atoms with Crippen molar-refractivity contribution in [2.75, 3.05) is 33.4 Å². The Hall–Kier alpha value is -0.120. The van der Waals surface area contributed by atoms with E-state index in [0.717, 1.165) is 26.3 Å². The maximum Gasteiger partial charge on any atom is 0.0593 e. The molecule has 15 heavy (non-hydrogen) atoms. The molecule has 1 rings (SSSR count). The lowest BCUT2D eigenvalue weighted by Gasteiger charge is -2.29. The van der Waals surface area contributed by atoms with E-state index in [0.29, 0.717) is 12.1 Å². The molecular formula is C12H26N2O. The second-order valence-corrected chi connectivity index (χ2v) is 4.34. The molecule has 2 atom stereocenters. The number of hydrogen-bond acceptors (Lipinski definition) is 3. The number of ether oxygens (including phenoxy) is 1. The molecule has 1 saturated carbocycles. The van der Waals surface area contributed by atoms with Crippen LogP contribution in [0.15, 0.2) is 0 Å². The van der Waals surface area contributed by atoms with E-state index in [-0.39, 0.29) is 0 Å². The van der Waals surface area contributed by atoms with Gasteiger partial charge in [-0.3, -0.25) is 4.90 Å². The first-order valence-electron chi connectivity index (χ1n) is 6.31. The zero-order chi connectivity index (χ0) is 11.1. The molecule has 1 N–H and O–H groups in total. The van der Waals surface area contributed by atoms with Gasteiger partial charge >= 0.3 is 0 Å². The van der Waals surface area contributed by atoms with Gasteiger partial charge in [0.25, 0.3) is 0 Å². The van der Waals surface area contributed by atoms with Crippen molar-refractivity contribution in [3.05, 3.63) is 0 Å². The molecule has 3 nitrogen and oxygen atoms in total. The molecule has 2 unspecified atom stereocenters. The fraction of sp³-hybridized carbons (Fsp3) is 1.00. The molecule has 3 heteroatoms. The van der Waals surface area contributed by atoms with E-state index < -0.39 is 0 Å². The average molecular weight is 214 g/mol. The Bertz CT molecular complexity index is 164. The summed E-state index contributed by atoms with van der Waals surface area (Å²) in [4.78, 5) is 2.45. The Labute approximate surface area is 94.2 Å². The summed E-state index contributed by atoms with van der Waals surface area (Å²) in [5.41, 5.74) is 0. The summed E-state index contributed by atoms with van der Waals surface area (Å²) in [6.07, 6.45) is 4.03. The molecule has 90 valence electrons. The molecule has 0 heterocycles. The van der Waals surface area contributed by atoms with Gasteiger partial charge in [-0.2, -0.15) is 0 Å². The molecule has 0 radical (unpaired) electrons. The van der Waals surface area contributed by atoms with E-state index in [2.05, 4.69) is 31.1 Å². The summed E-state index contributed by atoms with van der Waals surface area (Å²) in [7, 11) is 2.22. The molecule has 1 aliphatic carbocycles. The zero-order valence-corrected chi connectivity index (χ0v) is 10.5. The Morgan fingerprint density at radius 2 is 2.13 bits per heavy atom. The minimum Gasteiger partial charge on any atom is -0.380 e. The van der Waals surface area contributed by atoms with Crippen LogP contribution in [-0.4, -0.2) is 50.3 Å². The quantitative estimate of drug-likeness (QED) is 0.650. The van der Waals surface area contributed by atoms with Gasteiger partial charge in [0, 0.05) is 25.2 Å². The summed E-state index contributed by atoms with van der Waals surface area (Å²) >= 11 is 0. The molecule has 0 aromatic rings. The van der Waals surface area contributed by atoms with Crippen molar-refractivity contribution in [1.82, 2.24) is 10.2 Å². The Morgan fingerprint density at radius 3 is 2.80 bits per heavy atom. The number of rotatable bonds is 7. The fourth-order valence-corrected chi connectivity index (χ4v) is 2.49. The second kappa shape index (κ2) is 7.20. The van der Waals surface area contributed by atoms with E-state index >= 15 is 0 Å². The van der Waals surface area contributed by atoms with E-state index in [1.807, 2.05) is 0 Å². The number of nitrogens with zero attached hydrogens (tertiary/aromatic N) is 1. The molecule has 0 spiro atoms. The van der Waals surface area contributed by atoms with E-state index in [9.17, 15) is 0 Å². The predicted molar refractivity (Wildman–Crippen MR) is 64.2 cm³/mol. The Morgan fingerprint density at radius 1 is 1.33 bits per heavy atom. The van der Waals surface area contributed by atoms with Crippen LogP contribution in [0.4, 0.5) is 0 Å². The van der Waals surface area contributed by atoms with Crippen LogP contribution in [0.2, 0.25) is 0 Å². The Balaban J connectivity index is 2.26. The minimum absolute atomic E-state index is 0.696. The van der Waals surface area contributed by atoms with Crippen molar-refractivity contribution in [2.45, 2.75) is 45.2 Å². The topological polar surface area (TPSA) is 24.5 Å². The van der Waals surface area contributed by atoms with Gasteiger partial charge in [-0.25, -0.2) is 0 Å². The molecule has 0 bridgehead atoms. The predicted octanol–water partition coefficient (Wildman–Crippen LogP) is 1.49. The maximum atomic E-state index is 5.40. The molecule has 0 amide bonds. The first kappa shape index (κ1) is 12.9. The van der Waals surface area contributed by atoms with Crippen molar-refractivity contribution in [3.63, 3.8) is 0 Å². The summed E-state index contributed by atoms with van der Waals surface area (Å²) in [5.74, 6) is 0. The minimum atomic E-state index is 0.696. The van der Waals surface area contributed by atoms with Gasteiger partial charge in [-0.05, 0) is 33.4 Å². The van der Waals surface area contributed by atoms with Crippen LogP contribution >= 0.6 is 0 Å². The van der Waals surface area contributed by atoms with Gasteiger partial charge in [-0.15, -0.1) is 0 Å². The van der Waals surface area contributed by atoms with Gasteiger partial charge < -0.3 is 10.1 Å². The lowest BCUT2D eigenvalue weighted by Crippen LogP contribution is -2.46. The van der Waals surface area contributed by atoms with Crippen molar-refractivity contribution < 1.29 is 4.74 Å². The van der Waals surface area contributed by atoms with E-state index in [1.54, 1.807) is 0 Å². The average Bonchev–Trinajstić information content (AvgIpc) is 2.67. The summed E-state index contributed by atoms with van der Waals surface area (Å²) in [5, 5.41) is 3.58. The van der Waals surface area contributed by atoms with Gasteiger partial charge in [0.1, 0.15) is 0 Å². The molecule has 1 fully saturated rings. The van der Waals surface area contributed by atoms with Crippen molar-refractivity contribution in [2.24, 2.45) is 0 Å². The monoisotopic (exact) mass is 214 g/mol. The molecular weight excluding hydrogens is 188 g/mol. The highest BCUT2D eigenvalue weighted by Crippen LogP contribution is 2.23. The Kier molecular flexibility index (Phi) is 6.22. The third kappa shape index (κ3) is 4.09. The van der Waals surface area contributed by atoms with Gasteiger partial charge in [-0.1, -0.05) is 13.3 Å². The highest BCUT2D eigenvalue weighted by Gasteiger charge is 2.29. The van der Waals surface area contributed by atoms with Crippen LogP contribution in [0, 0.1) is 0 Å². The van der Waals surface area contributed by atoms with Crippen molar-refractivity contribution in [1.29, 1.82) is 0 Å². The lowest BCUT2D eigenvalue weighted by atomic mass is 10.1.